The summed E-state index contributed by atoms with van der Waals surface area (Å²) in [5, 5.41) is 11.8. The van der Waals surface area contributed by atoms with Gasteiger partial charge in [0.15, 0.2) is 0 Å². The highest BCUT2D eigenvalue weighted by molar-refractivity contribution is 7.11. The van der Waals surface area contributed by atoms with Gasteiger partial charge in [-0.3, -0.25) is 9.59 Å². The van der Waals surface area contributed by atoms with Crippen molar-refractivity contribution >= 4 is 23.2 Å². The molecule has 4 nitrogen and oxygen atoms in total. The zero-order valence-electron chi connectivity index (χ0n) is 10.3. The Morgan fingerprint density at radius 1 is 1.39 bits per heavy atom. The first-order chi connectivity index (χ1) is 8.56. The van der Waals surface area contributed by atoms with Crippen molar-refractivity contribution in [3.05, 3.63) is 21.9 Å². The molecule has 1 saturated carbocycles. The minimum Gasteiger partial charge on any atom is -0.481 e. The summed E-state index contributed by atoms with van der Waals surface area (Å²) in [6.07, 6.45) is 1.78. The average Bonchev–Trinajstić information content (AvgIpc) is 2.94. The van der Waals surface area contributed by atoms with Crippen molar-refractivity contribution in [2.45, 2.75) is 32.7 Å². The minimum absolute atomic E-state index is 0.00944. The number of aryl methyl sites for hydroxylation is 1. The number of carboxylic acids is 1. The van der Waals surface area contributed by atoms with Gasteiger partial charge in [0, 0.05) is 15.7 Å². The molecule has 2 atom stereocenters. The molecule has 5 heteroatoms. The normalized spacial score (nSPS) is 22.9. The largest absolute Gasteiger partial charge is 0.481 e. The molecule has 2 rings (SSSR count). The number of carboxylic acid groups (broad SMARTS) is 1. The number of rotatable bonds is 4. The maximum Gasteiger partial charge on any atom is 0.306 e. The van der Waals surface area contributed by atoms with Crippen LogP contribution in [0.5, 0.6) is 0 Å². The van der Waals surface area contributed by atoms with Crippen LogP contribution in [0.15, 0.2) is 12.1 Å². The van der Waals surface area contributed by atoms with Gasteiger partial charge in [0.25, 0.3) is 0 Å². The quantitative estimate of drug-likeness (QED) is 0.878. The number of carbonyl (C=O) groups is 2. The highest BCUT2D eigenvalue weighted by atomic mass is 32.1. The Morgan fingerprint density at radius 2 is 2.11 bits per heavy atom. The summed E-state index contributed by atoms with van der Waals surface area (Å²) in [5.74, 6) is -1.26. The van der Waals surface area contributed by atoms with Crippen LogP contribution in [0.2, 0.25) is 0 Å². The van der Waals surface area contributed by atoms with Crippen molar-refractivity contribution in [1.29, 1.82) is 0 Å². The van der Waals surface area contributed by atoms with Crippen LogP contribution in [-0.2, 0) is 16.1 Å². The SMILES string of the molecule is Cc1ccc(CNC(=O)[C@@H]2CC[C@H](C(=O)O)C2)s1. The topological polar surface area (TPSA) is 66.4 Å². The number of aliphatic carboxylic acids is 1. The van der Waals surface area contributed by atoms with Crippen LogP contribution in [0.3, 0.4) is 0 Å². The van der Waals surface area contributed by atoms with Gasteiger partial charge in [0.05, 0.1) is 12.5 Å². The summed E-state index contributed by atoms with van der Waals surface area (Å²) in [7, 11) is 0. The van der Waals surface area contributed by atoms with E-state index in [-0.39, 0.29) is 17.7 Å². The molecule has 0 aromatic carbocycles. The Balaban J connectivity index is 1.80. The first-order valence-corrected chi connectivity index (χ1v) is 6.93. The van der Waals surface area contributed by atoms with E-state index >= 15 is 0 Å². The van der Waals surface area contributed by atoms with E-state index in [1.807, 2.05) is 19.1 Å². The predicted octanol–water partition coefficient (Wildman–Crippen LogP) is 2.17. The van der Waals surface area contributed by atoms with E-state index < -0.39 is 5.97 Å². The Kier molecular flexibility index (Phi) is 4.01. The lowest BCUT2D eigenvalue weighted by molar-refractivity contribution is -0.141. The molecule has 1 aromatic rings. The summed E-state index contributed by atoms with van der Waals surface area (Å²) < 4.78 is 0. The molecular formula is C13H17NO3S. The molecule has 1 aliphatic carbocycles. The lowest BCUT2D eigenvalue weighted by atomic mass is 10.0. The fraction of sp³-hybridized carbons (Fsp3) is 0.538. The van der Waals surface area contributed by atoms with Gasteiger partial charge in [0.2, 0.25) is 5.91 Å². The Bertz CT molecular complexity index is 455. The zero-order valence-corrected chi connectivity index (χ0v) is 11.1. The molecule has 0 spiro atoms. The van der Waals surface area contributed by atoms with E-state index in [0.29, 0.717) is 25.8 Å². The second-order valence-corrected chi connectivity index (χ2v) is 6.15. The first kappa shape index (κ1) is 13.1. The third-order valence-electron chi connectivity index (χ3n) is 3.39. The highest BCUT2D eigenvalue weighted by Gasteiger charge is 2.33. The van der Waals surface area contributed by atoms with Crippen LogP contribution in [-0.4, -0.2) is 17.0 Å². The van der Waals surface area contributed by atoms with Crippen LogP contribution in [0.25, 0.3) is 0 Å². The molecule has 1 heterocycles. The van der Waals surface area contributed by atoms with Crippen LogP contribution in [0.1, 0.15) is 29.0 Å². The third-order valence-corrected chi connectivity index (χ3v) is 4.39. The van der Waals surface area contributed by atoms with Gasteiger partial charge in [-0.25, -0.2) is 0 Å². The van der Waals surface area contributed by atoms with E-state index in [9.17, 15) is 9.59 Å². The maximum absolute atomic E-state index is 11.9. The van der Waals surface area contributed by atoms with Crippen LogP contribution >= 0.6 is 11.3 Å². The molecule has 2 N–H and O–H groups in total. The third kappa shape index (κ3) is 3.10. The van der Waals surface area contributed by atoms with Crippen molar-refractivity contribution in [3.63, 3.8) is 0 Å². The van der Waals surface area contributed by atoms with Crippen LogP contribution in [0, 0.1) is 18.8 Å². The summed E-state index contributed by atoms with van der Waals surface area (Å²) in [5.41, 5.74) is 0. The first-order valence-electron chi connectivity index (χ1n) is 6.12. The smallest absolute Gasteiger partial charge is 0.306 e. The number of hydrogen-bond acceptors (Lipinski definition) is 3. The second kappa shape index (κ2) is 5.52. The molecule has 0 unspecified atom stereocenters. The Morgan fingerprint density at radius 3 is 2.67 bits per heavy atom. The number of hydrogen-bond donors (Lipinski definition) is 2. The molecular weight excluding hydrogens is 250 g/mol. The van der Waals surface area contributed by atoms with Gasteiger partial charge in [-0.2, -0.15) is 0 Å². The van der Waals surface area contributed by atoms with Gasteiger partial charge in [0.1, 0.15) is 0 Å². The number of nitrogens with one attached hydrogen (secondary N) is 1. The van der Waals surface area contributed by atoms with Crippen molar-refractivity contribution in [3.8, 4) is 0 Å². The van der Waals surface area contributed by atoms with Crippen molar-refractivity contribution in [1.82, 2.24) is 5.32 Å². The van der Waals surface area contributed by atoms with E-state index in [2.05, 4.69) is 5.32 Å². The number of thiophene rings is 1. The molecule has 1 aromatic heterocycles. The fourth-order valence-corrected chi connectivity index (χ4v) is 3.17. The van der Waals surface area contributed by atoms with Crippen LogP contribution < -0.4 is 5.32 Å². The van der Waals surface area contributed by atoms with Crippen molar-refractivity contribution in [2.75, 3.05) is 0 Å². The predicted molar refractivity (Wildman–Crippen MR) is 69.4 cm³/mol. The maximum atomic E-state index is 11.9. The summed E-state index contributed by atoms with van der Waals surface area (Å²) in [4.78, 5) is 25.1. The molecule has 0 aliphatic heterocycles. The zero-order chi connectivity index (χ0) is 13.1. The van der Waals surface area contributed by atoms with E-state index in [0.717, 1.165) is 4.88 Å². The summed E-state index contributed by atoms with van der Waals surface area (Å²) >= 11 is 1.67. The molecule has 1 aliphatic rings. The van der Waals surface area contributed by atoms with Crippen molar-refractivity contribution < 1.29 is 14.7 Å². The molecule has 1 fully saturated rings. The standard InChI is InChI=1S/C13H17NO3S/c1-8-2-5-11(18-8)7-14-12(15)9-3-4-10(6-9)13(16)17/h2,5,9-10H,3-4,6-7H2,1H3,(H,14,15)(H,16,17)/t9-,10+/m1/s1. The lowest BCUT2D eigenvalue weighted by Crippen LogP contribution is -2.29. The van der Waals surface area contributed by atoms with Gasteiger partial charge in [-0.15, -0.1) is 11.3 Å². The van der Waals surface area contributed by atoms with Crippen LogP contribution in [0.4, 0.5) is 0 Å². The minimum atomic E-state index is -0.779. The highest BCUT2D eigenvalue weighted by Crippen LogP contribution is 2.31. The lowest BCUT2D eigenvalue weighted by Gasteiger charge is -2.09. The molecule has 0 bridgehead atoms. The number of carbonyl (C=O) groups excluding carboxylic acids is 1. The fourth-order valence-electron chi connectivity index (χ4n) is 2.34. The Labute approximate surface area is 110 Å². The summed E-state index contributed by atoms with van der Waals surface area (Å²) in [6, 6.07) is 4.04. The van der Waals surface area contributed by atoms with E-state index in [4.69, 9.17) is 5.11 Å². The number of amides is 1. The molecule has 98 valence electrons. The van der Waals surface area contributed by atoms with E-state index in [1.54, 1.807) is 11.3 Å². The van der Waals surface area contributed by atoms with E-state index in [1.165, 1.54) is 4.88 Å². The molecule has 1 amide bonds. The molecule has 0 saturated heterocycles. The molecule has 18 heavy (non-hydrogen) atoms. The average molecular weight is 267 g/mol. The van der Waals surface area contributed by atoms with Gasteiger partial charge < -0.3 is 10.4 Å². The monoisotopic (exact) mass is 267 g/mol. The van der Waals surface area contributed by atoms with Gasteiger partial charge >= 0.3 is 5.97 Å². The Hall–Kier alpha value is -1.36. The van der Waals surface area contributed by atoms with Crippen molar-refractivity contribution in [2.24, 2.45) is 11.8 Å². The second-order valence-electron chi connectivity index (χ2n) is 4.78. The summed E-state index contributed by atoms with van der Waals surface area (Å²) in [6.45, 7) is 2.58. The van der Waals surface area contributed by atoms with Gasteiger partial charge in [-0.05, 0) is 38.3 Å². The van der Waals surface area contributed by atoms with Gasteiger partial charge in [-0.1, -0.05) is 0 Å². The molecule has 0 radical (unpaired) electrons.